The second-order valence-electron chi connectivity index (χ2n) is 4.11. The Bertz CT molecular complexity index is 330. The van der Waals surface area contributed by atoms with Crippen LogP contribution in [0, 0.1) is 0 Å². The highest BCUT2D eigenvalue weighted by molar-refractivity contribution is 5.40. The van der Waals surface area contributed by atoms with E-state index in [9.17, 15) is 0 Å². The van der Waals surface area contributed by atoms with Crippen molar-refractivity contribution >= 4 is 5.82 Å². The standard InChI is InChI=1S/C13H23N3O/c1-5-16(11(2)10-17-4)13-8-6-7-12(15-13)9-14-3/h6-8,11,14H,5,9-10H2,1-4H3. The van der Waals surface area contributed by atoms with Crippen LogP contribution in [0.5, 0.6) is 0 Å². The van der Waals surface area contributed by atoms with Gasteiger partial charge in [-0.05, 0) is 33.0 Å². The molecule has 0 aliphatic rings. The lowest BCUT2D eigenvalue weighted by Gasteiger charge is -2.28. The molecule has 96 valence electrons. The summed E-state index contributed by atoms with van der Waals surface area (Å²) in [6.45, 7) is 6.73. The van der Waals surface area contributed by atoms with Gasteiger partial charge in [-0.3, -0.25) is 0 Å². The van der Waals surface area contributed by atoms with Crippen LogP contribution in [0.2, 0.25) is 0 Å². The van der Waals surface area contributed by atoms with Gasteiger partial charge in [0.2, 0.25) is 0 Å². The molecule has 0 fully saturated rings. The number of pyridine rings is 1. The maximum atomic E-state index is 5.20. The Morgan fingerprint density at radius 1 is 1.47 bits per heavy atom. The first-order valence-electron chi connectivity index (χ1n) is 6.09. The second-order valence-corrected chi connectivity index (χ2v) is 4.11. The van der Waals surface area contributed by atoms with Gasteiger partial charge in [-0.15, -0.1) is 0 Å². The zero-order valence-electron chi connectivity index (χ0n) is 11.2. The predicted octanol–water partition coefficient (Wildman–Crippen LogP) is 1.66. The fourth-order valence-electron chi connectivity index (χ4n) is 1.94. The third kappa shape index (κ3) is 3.98. The summed E-state index contributed by atoms with van der Waals surface area (Å²) in [5.74, 6) is 1.02. The van der Waals surface area contributed by atoms with Crippen molar-refractivity contribution in [2.24, 2.45) is 0 Å². The summed E-state index contributed by atoms with van der Waals surface area (Å²) in [6, 6.07) is 6.48. The van der Waals surface area contributed by atoms with Crippen LogP contribution in [-0.4, -0.2) is 38.3 Å². The van der Waals surface area contributed by atoms with Crippen molar-refractivity contribution in [2.45, 2.75) is 26.4 Å². The summed E-state index contributed by atoms with van der Waals surface area (Å²) in [5, 5.41) is 3.12. The highest BCUT2D eigenvalue weighted by Crippen LogP contribution is 2.14. The summed E-state index contributed by atoms with van der Waals surface area (Å²) in [5.41, 5.74) is 1.06. The fraction of sp³-hybridized carbons (Fsp3) is 0.615. The number of hydrogen-bond donors (Lipinski definition) is 1. The van der Waals surface area contributed by atoms with E-state index >= 15 is 0 Å². The summed E-state index contributed by atoms with van der Waals surface area (Å²) in [7, 11) is 3.66. The minimum Gasteiger partial charge on any atom is -0.383 e. The number of nitrogens with zero attached hydrogens (tertiary/aromatic N) is 2. The maximum absolute atomic E-state index is 5.20. The predicted molar refractivity (Wildman–Crippen MR) is 71.4 cm³/mol. The van der Waals surface area contributed by atoms with Crippen molar-refractivity contribution in [2.75, 3.05) is 32.2 Å². The second kappa shape index (κ2) is 7.25. The van der Waals surface area contributed by atoms with Gasteiger partial charge in [0.05, 0.1) is 18.3 Å². The zero-order valence-corrected chi connectivity index (χ0v) is 11.2. The maximum Gasteiger partial charge on any atom is 0.129 e. The minimum absolute atomic E-state index is 0.335. The number of rotatable bonds is 7. The Morgan fingerprint density at radius 2 is 2.24 bits per heavy atom. The van der Waals surface area contributed by atoms with Crippen molar-refractivity contribution in [3.8, 4) is 0 Å². The molecular formula is C13H23N3O. The molecule has 0 amide bonds. The molecular weight excluding hydrogens is 214 g/mol. The molecule has 1 unspecified atom stereocenters. The molecule has 0 aliphatic carbocycles. The number of nitrogens with one attached hydrogen (secondary N) is 1. The van der Waals surface area contributed by atoms with Crippen LogP contribution in [0.3, 0.4) is 0 Å². The molecule has 1 atom stereocenters. The SMILES string of the molecule is CCN(c1cccc(CNC)n1)C(C)COC. The van der Waals surface area contributed by atoms with E-state index in [1.165, 1.54) is 0 Å². The minimum atomic E-state index is 0.335. The molecule has 0 radical (unpaired) electrons. The molecule has 1 N–H and O–H groups in total. The van der Waals surface area contributed by atoms with Gasteiger partial charge < -0.3 is 15.0 Å². The normalized spacial score (nSPS) is 12.5. The van der Waals surface area contributed by atoms with Crippen LogP contribution in [0.4, 0.5) is 5.82 Å². The lowest BCUT2D eigenvalue weighted by Crippen LogP contribution is -2.36. The molecule has 4 heteroatoms. The third-order valence-electron chi connectivity index (χ3n) is 2.72. The topological polar surface area (TPSA) is 37.4 Å². The van der Waals surface area contributed by atoms with Crippen molar-refractivity contribution in [1.29, 1.82) is 0 Å². The van der Waals surface area contributed by atoms with Gasteiger partial charge in [-0.1, -0.05) is 6.07 Å². The number of ether oxygens (including phenoxy) is 1. The number of hydrogen-bond acceptors (Lipinski definition) is 4. The van der Waals surface area contributed by atoms with Gasteiger partial charge in [0.15, 0.2) is 0 Å². The molecule has 1 aromatic heterocycles. The van der Waals surface area contributed by atoms with E-state index in [0.29, 0.717) is 12.6 Å². The summed E-state index contributed by atoms with van der Waals surface area (Å²) in [6.07, 6.45) is 0. The molecule has 1 aromatic rings. The van der Waals surface area contributed by atoms with E-state index in [-0.39, 0.29) is 0 Å². The van der Waals surface area contributed by atoms with Crippen molar-refractivity contribution in [1.82, 2.24) is 10.3 Å². The van der Waals surface area contributed by atoms with Gasteiger partial charge in [0.1, 0.15) is 5.82 Å². The van der Waals surface area contributed by atoms with Crippen LogP contribution in [-0.2, 0) is 11.3 Å². The van der Waals surface area contributed by atoms with Gasteiger partial charge >= 0.3 is 0 Å². The Labute approximate surface area is 104 Å². The molecule has 0 aromatic carbocycles. The highest BCUT2D eigenvalue weighted by atomic mass is 16.5. The van der Waals surface area contributed by atoms with Crippen molar-refractivity contribution < 1.29 is 4.74 Å². The summed E-state index contributed by atoms with van der Waals surface area (Å²) in [4.78, 5) is 6.90. The number of aromatic nitrogens is 1. The largest absolute Gasteiger partial charge is 0.383 e. The molecule has 0 saturated carbocycles. The summed E-state index contributed by atoms with van der Waals surface area (Å²) < 4.78 is 5.20. The van der Waals surface area contributed by atoms with Gasteiger partial charge in [0, 0.05) is 20.2 Å². The molecule has 0 spiro atoms. The Hall–Kier alpha value is -1.13. The molecule has 1 rings (SSSR count). The first-order valence-corrected chi connectivity index (χ1v) is 6.09. The number of anilines is 1. The van der Waals surface area contributed by atoms with Gasteiger partial charge in [0.25, 0.3) is 0 Å². The van der Waals surface area contributed by atoms with Crippen LogP contribution in [0.25, 0.3) is 0 Å². The Balaban J connectivity index is 2.83. The molecule has 1 heterocycles. The van der Waals surface area contributed by atoms with Crippen molar-refractivity contribution in [3.05, 3.63) is 23.9 Å². The lowest BCUT2D eigenvalue weighted by atomic mass is 10.2. The Kier molecular flexibility index (Phi) is 5.94. The van der Waals surface area contributed by atoms with Crippen LogP contribution in [0.1, 0.15) is 19.5 Å². The molecule has 0 bridgehead atoms. The first kappa shape index (κ1) is 13.9. The average molecular weight is 237 g/mol. The van der Waals surface area contributed by atoms with E-state index in [1.807, 2.05) is 13.1 Å². The molecule has 0 aliphatic heterocycles. The van der Waals surface area contributed by atoms with E-state index in [2.05, 4.69) is 41.2 Å². The number of likely N-dealkylation sites (N-methyl/N-ethyl adjacent to an activating group) is 1. The molecule has 0 saturated heterocycles. The van der Waals surface area contributed by atoms with Crippen LogP contribution in [0.15, 0.2) is 18.2 Å². The van der Waals surface area contributed by atoms with Crippen molar-refractivity contribution in [3.63, 3.8) is 0 Å². The van der Waals surface area contributed by atoms with Gasteiger partial charge in [-0.2, -0.15) is 0 Å². The average Bonchev–Trinajstić information content (AvgIpc) is 2.31. The smallest absolute Gasteiger partial charge is 0.129 e. The van der Waals surface area contributed by atoms with Crippen LogP contribution >= 0.6 is 0 Å². The lowest BCUT2D eigenvalue weighted by molar-refractivity contribution is 0.181. The number of methoxy groups -OCH3 is 1. The van der Waals surface area contributed by atoms with E-state index in [0.717, 1.165) is 24.6 Å². The van der Waals surface area contributed by atoms with Crippen LogP contribution < -0.4 is 10.2 Å². The Morgan fingerprint density at radius 3 is 2.82 bits per heavy atom. The van der Waals surface area contributed by atoms with Gasteiger partial charge in [-0.25, -0.2) is 4.98 Å². The van der Waals surface area contributed by atoms with E-state index in [4.69, 9.17) is 4.74 Å². The highest BCUT2D eigenvalue weighted by Gasteiger charge is 2.13. The quantitative estimate of drug-likeness (QED) is 0.782. The van der Waals surface area contributed by atoms with E-state index in [1.54, 1.807) is 7.11 Å². The first-order chi connectivity index (χ1) is 8.22. The zero-order chi connectivity index (χ0) is 12.7. The fourth-order valence-corrected chi connectivity index (χ4v) is 1.94. The van der Waals surface area contributed by atoms with E-state index < -0.39 is 0 Å². The summed E-state index contributed by atoms with van der Waals surface area (Å²) >= 11 is 0. The monoisotopic (exact) mass is 237 g/mol. The third-order valence-corrected chi connectivity index (χ3v) is 2.72. The molecule has 17 heavy (non-hydrogen) atoms. The molecule has 4 nitrogen and oxygen atoms in total.